The van der Waals surface area contributed by atoms with Gasteiger partial charge in [0.15, 0.2) is 28.8 Å². The number of fused-ring (bicyclic) bond motifs is 8. The SMILES string of the molecule is CC1(C)C(N=C2C(=O)C3CCCCC3C2=O)=CC2=C1c1sc3c(sc4cc(N=C5C(=O)C6CCCCC6C5=O)sc43)c1C2(C)C. The maximum Gasteiger partial charge on any atom is 0.188 e. The van der Waals surface area contributed by atoms with Crippen LogP contribution in [0, 0.1) is 29.1 Å². The zero-order valence-electron chi connectivity index (χ0n) is 25.9. The lowest BCUT2D eigenvalue weighted by Gasteiger charge is -2.24. The van der Waals surface area contributed by atoms with E-state index in [2.05, 4.69) is 38.8 Å². The minimum atomic E-state index is -0.447. The Labute approximate surface area is 273 Å². The number of allylic oxidation sites excluding steroid dienone is 3. The third-order valence-electron chi connectivity index (χ3n) is 11.6. The number of rotatable bonds is 2. The Morgan fingerprint density at radius 3 is 1.73 bits per heavy atom. The first-order valence-corrected chi connectivity index (χ1v) is 18.7. The molecule has 230 valence electrons. The van der Waals surface area contributed by atoms with Gasteiger partial charge in [-0.2, -0.15) is 0 Å². The highest BCUT2D eigenvalue weighted by atomic mass is 32.1. The van der Waals surface area contributed by atoms with Crippen LogP contribution in [0.2, 0.25) is 0 Å². The van der Waals surface area contributed by atoms with Crippen molar-refractivity contribution in [2.24, 2.45) is 39.1 Å². The summed E-state index contributed by atoms with van der Waals surface area (Å²) in [4.78, 5) is 63.6. The van der Waals surface area contributed by atoms with Crippen molar-refractivity contribution in [1.82, 2.24) is 0 Å². The van der Waals surface area contributed by atoms with Crippen LogP contribution in [-0.2, 0) is 24.6 Å². The van der Waals surface area contributed by atoms with Crippen molar-refractivity contribution in [3.05, 3.63) is 33.9 Å². The first kappa shape index (κ1) is 28.4. The molecule has 0 aromatic carbocycles. The van der Waals surface area contributed by atoms with E-state index < -0.39 is 5.41 Å². The second kappa shape index (κ2) is 9.35. The average Bonchev–Trinajstić information content (AvgIpc) is 3.83. The molecule has 4 unspecified atom stereocenters. The molecule has 6 aliphatic carbocycles. The summed E-state index contributed by atoms with van der Waals surface area (Å²) in [6, 6.07) is 2.05. The number of nitrogens with zero attached hydrogens (tertiary/aromatic N) is 2. The molecule has 0 spiro atoms. The van der Waals surface area contributed by atoms with Gasteiger partial charge in [-0.15, -0.1) is 34.0 Å². The van der Waals surface area contributed by atoms with Crippen LogP contribution >= 0.6 is 34.0 Å². The van der Waals surface area contributed by atoms with Gasteiger partial charge in [-0.05, 0) is 54.5 Å². The molecule has 3 heterocycles. The fraction of sp³-hybridized carbons (Fsp3) is 0.500. The summed E-state index contributed by atoms with van der Waals surface area (Å²) in [7, 11) is 0. The van der Waals surface area contributed by atoms with Gasteiger partial charge in [0.2, 0.25) is 0 Å². The summed E-state index contributed by atoms with van der Waals surface area (Å²) in [5.74, 6) is -0.923. The van der Waals surface area contributed by atoms with Gasteiger partial charge in [0, 0.05) is 44.1 Å². The Kier molecular flexibility index (Phi) is 5.89. The Hall–Kier alpha value is -2.88. The second-order valence-electron chi connectivity index (χ2n) is 14.8. The number of aliphatic imine (C=N–C) groups is 2. The maximum absolute atomic E-state index is 13.3. The van der Waals surface area contributed by atoms with E-state index in [9.17, 15) is 19.2 Å². The van der Waals surface area contributed by atoms with Crippen molar-refractivity contribution in [3.63, 3.8) is 0 Å². The average molecular weight is 655 g/mol. The molecule has 4 saturated carbocycles. The fourth-order valence-corrected chi connectivity index (χ4v) is 13.8. The van der Waals surface area contributed by atoms with Gasteiger partial charge >= 0.3 is 0 Å². The maximum atomic E-state index is 13.3. The number of hydrogen-bond acceptors (Lipinski definition) is 9. The Morgan fingerprint density at radius 1 is 0.644 bits per heavy atom. The largest absolute Gasteiger partial charge is 0.292 e. The van der Waals surface area contributed by atoms with Crippen LogP contribution in [0.4, 0.5) is 5.00 Å². The Morgan fingerprint density at radius 2 is 1.18 bits per heavy atom. The van der Waals surface area contributed by atoms with Crippen LogP contribution < -0.4 is 0 Å². The lowest BCUT2D eigenvalue weighted by molar-refractivity contribution is -0.120. The zero-order chi connectivity index (χ0) is 31.2. The number of ketones is 4. The van der Waals surface area contributed by atoms with E-state index >= 15 is 0 Å². The molecule has 0 aliphatic heterocycles. The molecule has 0 bridgehead atoms. The smallest absolute Gasteiger partial charge is 0.188 e. The summed E-state index contributed by atoms with van der Waals surface area (Å²) in [5.41, 5.74) is 4.26. The van der Waals surface area contributed by atoms with Gasteiger partial charge in [-0.3, -0.25) is 19.2 Å². The van der Waals surface area contributed by atoms with Crippen molar-refractivity contribution in [3.8, 4) is 0 Å². The number of carbonyl (C=O) groups is 4. The zero-order valence-corrected chi connectivity index (χ0v) is 28.3. The van der Waals surface area contributed by atoms with Gasteiger partial charge in [-0.1, -0.05) is 53.4 Å². The Balaban J connectivity index is 1.09. The predicted octanol–water partition coefficient (Wildman–Crippen LogP) is 8.58. The lowest BCUT2D eigenvalue weighted by atomic mass is 9.81. The van der Waals surface area contributed by atoms with E-state index in [1.165, 1.54) is 31.0 Å². The normalized spacial score (nSPS) is 30.0. The molecule has 9 heteroatoms. The predicted molar refractivity (Wildman–Crippen MR) is 182 cm³/mol. The van der Waals surface area contributed by atoms with Gasteiger partial charge in [-0.25, -0.2) is 9.98 Å². The number of thiophene rings is 3. The highest BCUT2D eigenvalue weighted by molar-refractivity contribution is 7.40. The number of Topliss-reactive ketones (excluding diaryl/α,β-unsaturated/α-hetero) is 4. The van der Waals surface area contributed by atoms with E-state index in [0.717, 1.165) is 71.5 Å². The minimum Gasteiger partial charge on any atom is -0.292 e. The van der Waals surface area contributed by atoms with Crippen LogP contribution in [0.1, 0.15) is 89.5 Å². The van der Waals surface area contributed by atoms with Gasteiger partial charge < -0.3 is 0 Å². The second-order valence-corrected chi connectivity index (χ2v) is 17.9. The summed E-state index contributed by atoms with van der Waals surface area (Å²) in [6.07, 6.45) is 9.39. The highest BCUT2D eigenvalue weighted by Crippen LogP contribution is 2.65. The van der Waals surface area contributed by atoms with Crippen molar-refractivity contribution >= 4 is 97.9 Å². The Bertz CT molecular complexity index is 2020. The quantitative estimate of drug-likeness (QED) is 0.277. The van der Waals surface area contributed by atoms with E-state index in [0.29, 0.717) is 0 Å². The lowest BCUT2D eigenvalue weighted by Crippen LogP contribution is -2.21. The van der Waals surface area contributed by atoms with Gasteiger partial charge in [0.05, 0.1) is 19.8 Å². The molecule has 3 aromatic rings. The van der Waals surface area contributed by atoms with Crippen molar-refractivity contribution in [2.75, 3.05) is 0 Å². The first-order valence-electron chi connectivity index (χ1n) is 16.3. The molecule has 6 nitrogen and oxygen atoms in total. The molecule has 0 radical (unpaired) electrons. The van der Waals surface area contributed by atoms with Crippen LogP contribution in [0.5, 0.6) is 0 Å². The van der Waals surface area contributed by atoms with Crippen LogP contribution in [0.25, 0.3) is 24.4 Å². The monoisotopic (exact) mass is 654 g/mol. The molecule has 4 fully saturated rings. The summed E-state index contributed by atoms with van der Waals surface area (Å²) < 4.78 is 4.82. The molecule has 45 heavy (non-hydrogen) atoms. The van der Waals surface area contributed by atoms with E-state index in [1.54, 1.807) is 34.0 Å². The first-order chi connectivity index (χ1) is 21.5. The molecule has 0 amide bonds. The van der Waals surface area contributed by atoms with E-state index in [1.807, 2.05) is 6.07 Å². The van der Waals surface area contributed by atoms with E-state index in [4.69, 9.17) is 4.99 Å². The molecular formula is C36H34N2O4S3. The number of carbonyl (C=O) groups excluding carboxylic acids is 4. The van der Waals surface area contributed by atoms with Gasteiger partial charge in [0.25, 0.3) is 0 Å². The fourth-order valence-electron chi connectivity index (χ4n) is 9.14. The standard InChI is InChI=1S/C36H34N2O4S3/c1-35(2)19-13-21(37-25-27(39)15-9-5-6-10-16(15)28(25)40)36(3,4)23(19)32-24(35)33-34(45-32)31-20(43-33)14-22(44-31)38-26-29(41)17-11-7-8-12-18(17)30(26)42/h13-18H,5-12H2,1-4H3. The molecule has 6 aliphatic rings. The molecule has 3 aromatic heterocycles. The van der Waals surface area contributed by atoms with Crippen molar-refractivity contribution in [2.45, 2.75) is 84.5 Å². The van der Waals surface area contributed by atoms with Crippen LogP contribution in [0.3, 0.4) is 0 Å². The van der Waals surface area contributed by atoms with Crippen molar-refractivity contribution in [1.29, 1.82) is 0 Å². The topological polar surface area (TPSA) is 93.0 Å². The molecule has 4 atom stereocenters. The van der Waals surface area contributed by atoms with Crippen LogP contribution in [0.15, 0.2) is 33.4 Å². The molecule has 0 saturated heterocycles. The highest BCUT2D eigenvalue weighted by Gasteiger charge is 2.52. The van der Waals surface area contributed by atoms with E-state index in [-0.39, 0.29) is 63.6 Å². The summed E-state index contributed by atoms with van der Waals surface area (Å²) in [5, 5.41) is 0.730. The minimum absolute atomic E-state index is 0.0516. The van der Waals surface area contributed by atoms with Crippen molar-refractivity contribution < 1.29 is 19.2 Å². The summed E-state index contributed by atoms with van der Waals surface area (Å²) in [6.45, 7) is 8.88. The molecular weight excluding hydrogens is 621 g/mol. The van der Waals surface area contributed by atoms with Gasteiger partial charge in [0.1, 0.15) is 10.7 Å². The third kappa shape index (κ3) is 3.66. The number of hydrogen-bond donors (Lipinski definition) is 0. The summed E-state index contributed by atoms with van der Waals surface area (Å²) >= 11 is 5.15. The third-order valence-corrected chi connectivity index (χ3v) is 15.4. The molecule has 0 N–H and O–H groups in total. The molecule has 9 rings (SSSR count). The van der Waals surface area contributed by atoms with Crippen LogP contribution in [-0.4, -0.2) is 34.6 Å².